The number of rotatable bonds is 4. The highest BCUT2D eigenvalue weighted by molar-refractivity contribution is 7.89. The van der Waals surface area contributed by atoms with Gasteiger partial charge in [-0.1, -0.05) is 31.5 Å². The van der Waals surface area contributed by atoms with Gasteiger partial charge in [0.1, 0.15) is 0 Å². The van der Waals surface area contributed by atoms with Crippen molar-refractivity contribution >= 4 is 10.0 Å². The van der Waals surface area contributed by atoms with Crippen molar-refractivity contribution in [3.8, 4) is 0 Å². The average Bonchev–Trinajstić information content (AvgIpc) is 2.61. The van der Waals surface area contributed by atoms with E-state index in [0.717, 1.165) is 41.4 Å². The molecule has 2 fully saturated rings. The van der Waals surface area contributed by atoms with Crippen molar-refractivity contribution in [2.45, 2.75) is 71.2 Å². The number of likely N-dealkylation sites (tertiary alicyclic amines) is 1. The van der Waals surface area contributed by atoms with Gasteiger partial charge >= 0.3 is 0 Å². The molecule has 2 aliphatic rings. The van der Waals surface area contributed by atoms with E-state index >= 15 is 0 Å². The lowest BCUT2D eigenvalue weighted by molar-refractivity contribution is 0.0855. The molecule has 1 aromatic carbocycles. The van der Waals surface area contributed by atoms with Gasteiger partial charge in [-0.15, -0.1) is 0 Å². The van der Waals surface area contributed by atoms with Crippen LogP contribution in [-0.4, -0.2) is 49.8 Å². The molecule has 0 N–H and O–H groups in total. The van der Waals surface area contributed by atoms with Gasteiger partial charge in [-0.25, -0.2) is 8.42 Å². The fourth-order valence-corrected chi connectivity index (χ4v) is 6.98. The third-order valence-electron chi connectivity index (χ3n) is 6.66. The summed E-state index contributed by atoms with van der Waals surface area (Å²) in [5, 5.41) is 0. The van der Waals surface area contributed by atoms with Crippen LogP contribution < -0.4 is 0 Å². The van der Waals surface area contributed by atoms with Crippen LogP contribution in [0.25, 0.3) is 0 Å². The Morgan fingerprint density at radius 2 is 1.41 bits per heavy atom. The van der Waals surface area contributed by atoms with Gasteiger partial charge in [-0.3, -0.25) is 0 Å². The molecule has 0 unspecified atom stereocenters. The molecule has 4 nitrogen and oxygen atoms in total. The van der Waals surface area contributed by atoms with Crippen LogP contribution in [0.1, 0.15) is 56.2 Å². The molecule has 0 amide bonds. The Bertz CT molecular complexity index is 734. The molecule has 2 heterocycles. The second kappa shape index (κ2) is 8.22. The summed E-state index contributed by atoms with van der Waals surface area (Å²) in [6.07, 6.45) is 4.49. The highest BCUT2D eigenvalue weighted by Crippen LogP contribution is 2.31. The predicted molar refractivity (Wildman–Crippen MR) is 112 cm³/mol. The molecule has 0 atom stereocenters. The van der Waals surface area contributed by atoms with E-state index in [4.69, 9.17) is 0 Å². The van der Waals surface area contributed by atoms with Gasteiger partial charge in [0, 0.05) is 19.1 Å². The summed E-state index contributed by atoms with van der Waals surface area (Å²) in [4.78, 5) is 3.13. The molecule has 0 bridgehead atoms. The van der Waals surface area contributed by atoms with Gasteiger partial charge < -0.3 is 4.90 Å². The molecule has 0 aromatic heterocycles. The first-order chi connectivity index (χ1) is 12.7. The third kappa shape index (κ3) is 4.41. The molecule has 3 rings (SSSR count). The van der Waals surface area contributed by atoms with Crippen LogP contribution in [0.3, 0.4) is 0 Å². The summed E-state index contributed by atoms with van der Waals surface area (Å²) in [5.41, 5.74) is 2.85. The van der Waals surface area contributed by atoms with Crippen LogP contribution in [0.5, 0.6) is 0 Å². The number of hydrogen-bond donors (Lipinski definition) is 0. The van der Waals surface area contributed by atoms with Crippen LogP contribution in [0.15, 0.2) is 17.0 Å². The highest BCUT2D eigenvalue weighted by atomic mass is 32.2. The van der Waals surface area contributed by atoms with Crippen molar-refractivity contribution in [2.75, 3.05) is 26.2 Å². The molecule has 5 heteroatoms. The van der Waals surface area contributed by atoms with E-state index in [1.54, 1.807) is 4.31 Å². The van der Waals surface area contributed by atoms with Crippen molar-refractivity contribution in [3.63, 3.8) is 0 Å². The lowest BCUT2D eigenvalue weighted by atomic mass is 9.85. The van der Waals surface area contributed by atoms with Gasteiger partial charge in [0.15, 0.2) is 0 Å². The van der Waals surface area contributed by atoms with Crippen molar-refractivity contribution in [1.29, 1.82) is 0 Å². The fourth-order valence-electron chi connectivity index (χ4n) is 5.10. The number of benzene rings is 1. The Labute approximate surface area is 166 Å². The molecular weight excluding hydrogens is 356 g/mol. The zero-order chi connectivity index (χ0) is 19.8. The second-order valence-corrected chi connectivity index (χ2v) is 10.9. The average molecular weight is 393 g/mol. The first kappa shape index (κ1) is 20.8. The highest BCUT2D eigenvalue weighted by Gasteiger charge is 2.34. The van der Waals surface area contributed by atoms with E-state index in [9.17, 15) is 8.42 Å². The first-order valence-electron chi connectivity index (χ1n) is 10.5. The summed E-state index contributed by atoms with van der Waals surface area (Å²) in [5.74, 6) is 1.63. The standard InChI is InChI=1S/C22H36N2O2S/c1-16(2)20-6-10-23(11-7-20)21-8-12-24(13-9-21)27(25,26)22-18(4)14-17(3)15-19(22)5/h14-16,20-21H,6-13H2,1-5H3. The molecule has 27 heavy (non-hydrogen) atoms. The third-order valence-corrected chi connectivity index (χ3v) is 8.86. The maximum atomic E-state index is 13.3. The maximum Gasteiger partial charge on any atom is 0.243 e. The molecule has 1 aromatic rings. The Kier molecular flexibility index (Phi) is 6.34. The monoisotopic (exact) mass is 392 g/mol. The topological polar surface area (TPSA) is 40.6 Å². The van der Waals surface area contributed by atoms with Crippen molar-refractivity contribution in [2.24, 2.45) is 11.8 Å². The smallest absolute Gasteiger partial charge is 0.243 e. The lowest BCUT2D eigenvalue weighted by Gasteiger charge is -2.42. The van der Waals surface area contributed by atoms with E-state index in [2.05, 4.69) is 18.7 Å². The molecule has 2 aliphatic heterocycles. The minimum atomic E-state index is -3.40. The summed E-state index contributed by atoms with van der Waals surface area (Å²) in [7, 11) is -3.40. The number of sulfonamides is 1. The van der Waals surface area contributed by atoms with Crippen molar-refractivity contribution < 1.29 is 8.42 Å². The van der Waals surface area contributed by atoms with Gasteiger partial charge in [0.25, 0.3) is 0 Å². The van der Waals surface area contributed by atoms with E-state index in [-0.39, 0.29) is 0 Å². The Balaban J connectivity index is 1.64. The van der Waals surface area contributed by atoms with Crippen LogP contribution in [-0.2, 0) is 10.0 Å². The second-order valence-electron chi connectivity index (χ2n) is 8.98. The zero-order valence-electron chi connectivity index (χ0n) is 17.7. The molecule has 0 saturated carbocycles. The summed E-state index contributed by atoms with van der Waals surface area (Å²) in [6.45, 7) is 14.2. The molecular formula is C22H36N2O2S. The molecule has 0 spiro atoms. The van der Waals surface area contributed by atoms with Crippen LogP contribution in [0.2, 0.25) is 0 Å². The molecule has 0 radical (unpaired) electrons. The predicted octanol–water partition coefficient (Wildman–Crippen LogP) is 4.13. The van der Waals surface area contributed by atoms with Crippen molar-refractivity contribution in [3.05, 3.63) is 28.8 Å². The van der Waals surface area contributed by atoms with Gasteiger partial charge in [0.05, 0.1) is 4.90 Å². The summed E-state index contributed by atoms with van der Waals surface area (Å²) >= 11 is 0. The molecule has 152 valence electrons. The van der Waals surface area contributed by atoms with Crippen LogP contribution >= 0.6 is 0 Å². The lowest BCUT2D eigenvalue weighted by Crippen LogP contribution is -2.49. The van der Waals surface area contributed by atoms with E-state index in [0.29, 0.717) is 24.0 Å². The van der Waals surface area contributed by atoms with Gasteiger partial charge in [-0.2, -0.15) is 4.31 Å². The minimum Gasteiger partial charge on any atom is -0.300 e. The summed E-state index contributed by atoms with van der Waals surface area (Å²) in [6, 6.07) is 4.50. The van der Waals surface area contributed by atoms with E-state index in [1.807, 2.05) is 32.9 Å². The van der Waals surface area contributed by atoms with Gasteiger partial charge in [-0.05, 0) is 82.5 Å². The number of aryl methyl sites for hydroxylation is 3. The fraction of sp³-hybridized carbons (Fsp3) is 0.727. The summed E-state index contributed by atoms with van der Waals surface area (Å²) < 4.78 is 28.2. The largest absolute Gasteiger partial charge is 0.300 e. The van der Waals surface area contributed by atoms with Crippen LogP contribution in [0, 0.1) is 32.6 Å². The van der Waals surface area contributed by atoms with E-state index in [1.165, 1.54) is 25.9 Å². The van der Waals surface area contributed by atoms with Gasteiger partial charge in [0.2, 0.25) is 10.0 Å². The number of nitrogens with zero attached hydrogens (tertiary/aromatic N) is 2. The molecule has 0 aliphatic carbocycles. The maximum absolute atomic E-state index is 13.3. The Morgan fingerprint density at radius 3 is 1.89 bits per heavy atom. The van der Waals surface area contributed by atoms with Crippen molar-refractivity contribution in [1.82, 2.24) is 9.21 Å². The normalized spacial score (nSPS) is 21.9. The van der Waals surface area contributed by atoms with E-state index < -0.39 is 10.0 Å². The number of piperidine rings is 2. The SMILES string of the molecule is Cc1cc(C)c(S(=O)(=O)N2CCC(N3CCC(C(C)C)CC3)CC2)c(C)c1. The zero-order valence-corrected chi connectivity index (χ0v) is 18.5. The Morgan fingerprint density at radius 1 is 0.889 bits per heavy atom. The van der Waals surface area contributed by atoms with Crippen LogP contribution in [0.4, 0.5) is 0 Å². The molecule has 2 saturated heterocycles. The first-order valence-corrected chi connectivity index (χ1v) is 12.0. The quantitative estimate of drug-likeness (QED) is 0.773. The minimum absolute atomic E-state index is 0.518. The Hall–Kier alpha value is -0.910. The number of hydrogen-bond acceptors (Lipinski definition) is 3.